The van der Waals surface area contributed by atoms with Crippen molar-refractivity contribution in [1.82, 2.24) is 5.32 Å². The molecule has 0 aliphatic carbocycles. The molecule has 176 valence electrons. The molecule has 1 aliphatic rings. The number of carbonyl (C=O) groups excluding carboxylic acids is 3. The topological polar surface area (TPSA) is 109 Å². The van der Waals surface area contributed by atoms with Gasteiger partial charge in [0.05, 0.1) is 11.3 Å². The molecule has 33 heavy (non-hydrogen) atoms. The first-order chi connectivity index (χ1) is 15.7. The van der Waals surface area contributed by atoms with Gasteiger partial charge in [-0.1, -0.05) is 18.2 Å². The highest BCUT2D eigenvalue weighted by Gasteiger charge is 2.34. The van der Waals surface area contributed by atoms with Crippen LogP contribution in [0.15, 0.2) is 48.5 Å². The molecule has 1 atom stereocenters. The molecule has 1 heterocycles. The number of ether oxygens (including phenoxy) is 1. The van der Waals surface area contributed by atoms with Crippen LogP contribution in [0.3, 0.4) is 0 Å². The maximum Gasteiger partial charge on any atom is 0.418 e. The van der Waals surface area contributed by atoms with E-state index < -0.39 is 41.4 Å². The predicted molar refractivity (Wildman–Crippen MR) is 116 cm³/mol. The van der Waals surface area contributed by atoms with Gasteiger partial charge in [-0.3, -0.25) is 9.59 Å². The molecular formula is C22H23F3N4O4. The Balaban J connectivity index is 1.55. The molecule has 0 aromatic heterocycles. The molecule has 1 unspecified atom stereocenters. The van der Waals surface area contributed by atoms with Crippen LogP contribution in [-0.2, 0) is 20.5 Å². The minimum absolute atomic E-state index is 0.0555. The Morgan fingerprint density at radius 3 is 2.39 bits per heavy atom. The molecule has 1 saturated heterocycles. The van der Waals surface area contributed by atoms with Crippen LogP contribution in [-0.4, -0.2) is 37.1 Å². The Bertz CT molecular complexity index is 993. The fourth-order valence-electron chi connectivity index (χ4n) is 3.17. The second kappa shape index (κ2) is 10.8. The summed E-state index contributed by atoms with van der Waals surface area (Å²) in [4.78, 5) is 36.0. The molecule has 11 heteroatoms. The van der Waals surface area contributed by atoms with Gasteiger partial charge in [0, 0.05) is 30.9 Å². The SMILES string of the molecule is O=C(CCNC(=O)Nc1ccccc1)Nc1ccc(NC(=O)C2CCCO2)cc1C(F)(F)F. The van der Waals surface area contributed by atoms with Crippen molar-refractivity contribution < 1.29 is 32.3 Å². The summed E-state index contributed by atoms with van der Waals surface area (Å²) in [5.74, 6) is -1.23. The van der Waals surface area contributed by atoms with Gasteiger partial charge in [0.15, 0.2) is 0 Å². The number of para-hydroxylation sites is 1. The zero-order valence-electron chi connectivity index (χ0n) is 17.5. The third-order valence-corrected chi connectivity index (χ3v) is 4.76. The fourth-order valence-corrected chi connectivity index (χ4v) is 3.17. The van der Waals surface area contributed by atoms with Crippen LogP contribution in [0.1, 0.15) is 24.8 Å². The zero-order valence-corrected chi connectivity index (χ0v) is 17.5. The van der Waals surface area contributed by atoms with Gasteiger partial charge in [-0.05, 0) is 43.2 Å². The van der Waals surface area contributed by atoms with Crippen LogP contribution >= 0.6 is 0 Å². The molecule has 2 aromatic carbocycles. The van der Waals surface area contributed by atoms with E-state index in [1.807, 2.05) is 0 Å². The van der Waals surface area contributed by atoms with Gasteiger partial charge >= 0.3 is 12.2 Å². The van der Waals surface area contributed by atoms with Gasteiger partial charge < -0.3 is 26.0 Å². The molecule has 0 spiro atoms. The van der Waals surface area contributed by atoms with Crippen LogP contribution < -0.4 is 21.3 Å². The summed E-state index contributed by atoms with van der Waals surface area (Å²) in [5.41, 5.74) is -1.05. The summed E-state index contributed by atoms with van der Waals surface area (Å²) in [5, 5.41) is 9.64. The van der Waals surface area contributed by atoms with Crippen molar-refractivity contribution in [2.75, 3.05) is 29.1 Å². The smallest absolute Gasteiger partial charge is 0.368 e. The van der Waals surface area contributed by atoms with Gasteiger partial charge in [0.25, 0.3) is 5.91 Å². The number of nitrogens with one attached hydrogen (secondary N) is 4. The average molecular weight is 464 g/mol. The van der Waals surface area contributed by atoms with Crippen LogP contribution in [0.4, 0.5) is 35.0 Å². The van der Waals surface area contributed by atoms with Crippen LogP contribution in [0.5, 0.6) is 0 Å². The highest BCUT2D eigenvalue weighted by Crippen LogP contribution is 2.36. The number of hydrogen-bond acceptors (Lipinski definition) is 4. The van der Waals surface area contributed by atoms with Crippen molar-refractivity contribution in [2.24, 2.45) is 0 Å². The Hall–Kier alpha value is -3.60. The molecule has 0 radical (unpaired) electrons. The Morgan fingerprint density at radius 2 is 1.73 bits per heavy atom. The molecule has 2 aromatic rings. The minimum atomic E-state index is -4.76. The van der Waals surface area contributed by atoms with Crippen molar-refractivity contribution in [2.45, 2.75) is 31.5 Å². The lowest BCUT2D eigenvalue weighted by atomic mass is 10.1. The highest BCUT2D eigenvalue weighted by molar-refractivity contribution is 5.96. The number of urea groups is 1. The van der Waals surface area contributed by atoms with E-state index in [1.54, 1.807) is 30.3 Å². The predicted octanol–water partition coefficient (Wildman–Crippen LogP) is 3.97. The van der Waals surface area contributed by atoms with Gasteiger partial charge in [-0.25, -0.2) is 4.79 Å². The number of anilines is 3. The van der Waals surface area contributed by atoms with E-state index in [0.29, 0.717) is 25.1 Å². The highest BCUT2D eigenvalue weighted by atomic mass is 19.4. The van der Waals surface area contributed by atoms with Gasteiger partial charge in [0.2, 0.25) is 5.91 Å². The number of carbonyl (C=O) groups is 3. The summed E-state index contributed by atoms with van der Waals surface area (Å²) in [6, 6.07) is 11.2. The molecule has 0 saturated carbocycles. The average Bonchev–Trinajstić information content (AvgIpc) is 3.30. The minimum Gasteiger partial charge on any atom is -0.368 e. The van der Waals surface area contributed by atoms with Gasteiger partial charge in [-0.2, -0.15) is 13.2 Å². The Labute approximate surface area is 187 Å². The third-order valence-electron chi connectivity index (χ3n) is 4.76. The molecular weight excluding hydrogens is 441 g/mol. The first kappa shape index (κ1) is 24.1. The summed E-state index contributed by atoms with van der Waals surface area (Å²) >= 11 is 0. The third kappa shape index (κ3) is 7.21. The molecule has 4 N–H and O–H groups in total. The lowest BCUT2D eigenvalue weighted by molar-refractivity contribution is -0.137. The van der Waals surface area contributed by atoms with Crippen molar-refractivity contribution >= 4 is 34.9 Å². The number of hydrogen-bond donors (Lipinski definition) is 4. The normalized spacial score (nSPS) is 15.5. The number of rotatable bonds is 7. The number of amides is 4. The van der Waals surface area contributed by atoms with E-state index in [-0.39, 0.29) is 18.7 Å². The first-order valence-electron chi connectivity index (χ1n) is 10.3. The van der Waals surface area contributed by atoms with E-state index >= 15 is 0 Å². The lowest BCUT2D eigenvalue weighted by Crippen LogP contribution is -2.31. The van der Waals surface area contributed by atoms with E-state index in [9.17, 15) is 27.6 Å². The lowest BCUT2D eigenvalue weighted by Gasteiger charge is -2.17. The first-order valence-corrected chi connectivity index (χ1v) is 10.3. The Morgan fingerprint density at radius 1 is 0.970 bits per heavy atom. The molecule has 8 nitrogen and oxygen atoms in total. The quantitative estimate of drug-likeness (QED) is 0.497. The van der Waals surface area contributed by atoms with E-state index in [1.165, 1.54) is 6.07 Å². The molecule has 1 fully saturated rings. The summed E-state index contributed by atoms with van der Waals surface area (Å²) in [7, 11) is 0. The van der Waals surface area contributed by atoms with E-state index in [2.05, 4.69) is 21.3 Å². The second-order valence-electron chi connectivity index (χ2n) is 7.29. The summed E-state index contributed by atoms with van der Waals surface area (Å²) in [6.07, 6.45) is -4.48. The fraction of sp³-hybridized carbons (Fsp3) is 0.318. The van der Waals surface area contributed by atoms with Crippen molar-refractivity contribution in [1.29, 1.82) is 0 Å². The van der Waals surface area contributed by atoms with Crippen molar-refractivity contribution in [3.63, 3.8) is 0 Å². The van der Waals surface area contributed by atoms with E-state index in [4.69, 9.17) is 4.74 Å². The summed E-state index contributed by atoms with van der Waals surface area (Å²) in [6.45, 7) is 0.348. The zero-order chi connectivity index (χ0) is 23.8. The van der Waals surface area contributed by atoms with Crippen LogP contribution in [0, 0.1) is 0 Å². The molecule has 1 aliphatic heterocycles. The summed E-state index contributed by atoms with van der Waals surface area (Å²) < 4.78 is 45.8. The van der Waals surface area contributed by atoms with Crippen molar-refractivity contribution in [3.8, 4) is 0 Å². The van der Waals surface area contributed by atoms with Crippen LogP contribution in [0.2, 0.25) is 0 Å². The standard InChI is InChI=1S/C22H23F3N4O4/c23-22(24,25)16-13-15(27-20(31)18-7-4-12-33-18)8-9-17(16)29-19(30)10-11-26-21(32)28-14-5-2-1-3-6-14/h1-3,5-6,8-9,13,18H,4,7,10-12H2,(H,27,31)(H,29,30)(H2,26,28,32). The second-order valence-corrected chi connectivity index (χ2v) is 7.29. The maximum atomic E-state index is 13.5. The van der Waals surface area contributed by atoms with Crippen molar-refractivity contribution in [3.05, 3.63) is 54.1 Å². The maximum absolute atomic E-state index is 13.5. The number of halogens is 3. The number of alkyl halides is 3. The van der Waals surface area contributed by atoms with E-state index in [0.717, 1.165) is 12.1 Å². The van der Waals surface area contributed by atoms with Gasteiger partial charge in [0.1, 0.15) is 6.10 Å². The van der Waals surface area contributed by atoms with Gasteiger partial charge in [-0.15, -0.1) is 0 Å². The number of benzene rings is 2. The monoisotopic (exact) mass is 464 g/mol. The molecule has 3 rings (SSSR count). The van der Waals surface area contributed by atoms with Crippen LogP contribution in [0.25, 0.3) is 0 Å². The molecule has 0 bridgehead atoms. The Kier molecular flexibility index (Phi) is 7.88. The largest absolute Gasteiger partial charge is 0.418 e. The molecule has 4 amide bonds.